The Kier molecular flexibility index (Phi) is 27.8. The predicted molar refractivity (Wildman–Crippen MR) is 553 cm³/mol. The second-order valence-corrected chi connectivity index (χ2v) is 38.6. The summed E-state index contributed by atoms with van der Waals surface area (Å²) in [5.74, 6) is 8.28. The number of benzene rings is 14. The molecule has 0 bridgehead atoms. The minimum atomic E-state index is 0.0873. The molecule has 0 saturated carbocycles. The molecule has 0 saturated heterocycles. The number of aryl methyl sites for hydroxylation is 13. The lowest BCUT2D eigenvalue weighted by atomic mass is 9.83. The van der Waals surface area contributed by atoms with Gasteiger partial charge in [0.25, 0.3) is 0 Å². The lowest BCUT2D eigenvalue weighted by molar-refractivity contribution is 0.589. The summed E-state index contributed by atoms with van der Waals surface area (Å²) in [6, 6.07) is 110. The molecular weight excluding hydrogens is 1620 g/mol. The van der Waals surface area contributed by atoms with Crippen molar-refractivity contribution in [2.45, 2.75) is 169 Å². The minimum absolute atomic E-state index is 0.0873. The summed E-state index contributed by atoms with van der Waals surface area (Å²) >= 11 is 0. The van der Waals surface area contributed by atoms with Gasteiger partial charge in [0.2, 0.25) is 0 Å². The van der Waals surface area contributed by atoms with Crippen LogP contribution < -0.4 is 0 Å². The first-order valence-electron chi connectivity index (χ1n) is 45.8. The van der Waals surface area contributed by atoms with E-state index in [4.69, 9.17) is 59.8 Å². The molecule has 14 aromatic carbocycles. The van der Waals surface area contributed by atoms with Crippen LogP contribution in [0.3, 0.4) is 0 Å². The van der Waals surface area contributed by atoms with Crippen LogP contribution in [-0.2, 0) is 16.2 Å². The van der Waals surface area contributed by atoms with Crippen LogP contribution in [0.1, 0.15) is 151 Å². The van der Waals surface area contributed by atoms with Crippen LogP contribution >= 0.6 is 0 Å². The molecule has 18 aromatic rings. The number of rotatable bonds is 14. The van der Waals surface area contributed by atoms with Crippen LogP contribution in [0.15, 0.2) is 315 Å². The van der Waals surface area contributed by atoms with E-state index < -0.39 is 0 Å². The van der Waals surface area contributed by atoms with Gasteiger partial charge in [-0.3, -0.25) is 0 Å². The van der Waals surface area contributed by atoms with E-state index in [1.807, 2.05) is 24.3 Å². The molecule has 0 amide bonds. The largest absolute Gasteiger partial charge is 0.208 e. The van der Waals surface area contributed by atoms with Crippen LogP contribution in [0.2, 0.25) is 0 Å². The van der Waals surface area contributed by atoms with Crippen LogP contribution in [0.4, 0.5) is 0 Å². The summed E-state index contributed by atoms with van der Waals surface area (Å²) in [4.78, 5) is 58.6. The number of hydrogen-bond acceptors (Lipinski definition) is 12. The first-order chi connectivity index (χ1) is 63.5. The molecule has 662 valence electrons. The lowest BCUT2D eigenvalue weighted by Crippen LogP contribution is -2.12. The standard InChI is InChI=1S/C43H43N3.C29H31N3.C25H23N3.C24H21N3/c1-28-9-13-32(14-10-28)39-44-40(33-15-11-29(2)12-16-33)46-41(45-39)36-26-34(30-17-21-37(22-18-30)42(3,4)5)25-35(27-36)31-19-23-38(24-20-31)43(6,7)8;1-18-8-12-22(13-9-18)26-30-27(23-14-10-19(2)11-15-23)32-28(31-26)25-20(3)16-24(17-21(25)4)29(5,6)7;1-16-5-9-20(10-6-16)23-26-24(21-11-7-17(2)8-12-21)28-25(27-23)22-14-18(3)13-19(4)15-22;1-16-10-12-19(13-11-16)22-25-23(20-8-4-6-17(2)14-20)27-24(26-22)21-9-5-7-18(3)15-21/h9-27H,1-8H3;8-17H,1-7H3;5-15H,1-4H3;4-15H,1-3H3. The van der Waals surface area contributed by atoms with Crippen molar-refractivity contribution < 1.29 is 0 Å². The van der Waals surface area contributed by atoms with Gasteiger partial charge < -0.3 is 0 Å². The van der Waals surface area contributed by atoms with Gasteiger partial charge in [0.05, 0.1) is 0 Å². The molecule has 4 aromatic heterocycles. The predicted octanol–water partition coefficient (Wildman–Crippen LogP) is 30.7. The van der Waals surface area contributed by atoms with Crippen LogP contribution in [0.5, 0.6) is 0 Å². The highest BCUT2D eigenvalue weighted by Crippen LogP contribution is 2.39. The van der Waals surface area contributed by atoms with Crippen LogP contribution in [0.25, 0.3) is 159 Å². The molecule has 18 rings (SSSR count). The van der Waals surface area contributed by atoms with E-state index >= 15 is 0 Å². The SMILES string of the molecule is Cc1ccc(-c2nc(-c3ccc(C)cc3)nc(-c3c(C)cc(C(C)(C)C)cc3C)n2)cc1.Cc1ccc(-c2nc(-c3ccc(C)cc3)nc(-c3cc(-c4ccc(C(C)(C)C)cc4)cc(-c4ccc(C(C)(C)C)cc4)c3)n2)cc1.Cc1ccc(-c2nc(-c3ccc(C)cc3)nc(-c3cc(C)cc(C)c3)n2)cc1.Cc1ccc(-c2nc(-c3cccc(C)c3)nc(-c3cccc(C)c3)n2)cc1. The fraction of sp³-hybridized carbons (Fsp3) is 0.207. The molecule has 0 radical (unpaired) electrons. The molecule has 0 spiro atoms. The maximum atomic E-state index is 5.09. The topological polar surface area (TPSA) is 155 Å². The molecule has 0 aliphatic heterocycles. The van der Waals surface area contributed by atoms with E-state index in [-0.39, 0.29) is 16.2 Å². The summed E-state index contributed by atoms with van der Waals surface area (Å²) in [6.07, 6.45) is 0. The number of hydrogen-bond donors (Lipinski definition) is 0. The fourth-order valence-corrected chi connectivity index (χ4v) is 15.8. The highest BCUT2D eigenvalue weighted by molar-refractivity contribution is 5.82. The van der Waals surface area contributed by atoms with Crippen molar-refractivity contribution in [3.63, 3.8) is 0 Å². The summed E-state index contributed by atoms with van der Waals surface area (Å²) in [7, 11) is 0. The molecular formula is C121H118N12. The Labute approximate surface area is 786 Å². The second kappa shape index (κ2) is 39.8. The molecule has 12 nitrogen and oxygen atoms in total. The molecule has 4 heterocycles. The van der Waals surface area contributed by atoms with E-state index in [0.717, 1.165) is 94.8 Å². The zero-order valence-electron chi connectivity index (χ0n) is 80.9. The van der Waals surface area contributed by atoms with Crippen molar-refractivity contribution >= 4 is 0 Å². The molecule has 0 aliphatic carbocycles. The van der Waals surface area contributed by atoms with Crippen LogP contribution in [-0.4, -0.2) is 59.8 Å². The van der Waals surface area contributed by atoms with Gasteiger partial charge in [0.1, 0.15) is 0 Å². The van der Waals surface area contributed by atoms with Gasteiger partial charge in [-0.05, 0) is 199 Å². The van der Waals surface area contributed by atoms with Gasteiger partial charge in [-0.25, -0.2) is 59.8 Å². The molecule has 0 aliphatic rings. The average Bonchev–Trinajstić information content (AvgIpc) is 0.781. The third-order valence-corrected chi connectivity index (χ3v) is 23.7. The van der Waals surface area contributed by atoms with Crippen molar-refractivity contribution in [3.8, 4) is 159 Å². The Morgan fingerprint density at radius 3 is 0.564 bits per heavy atom. The lowest BCUT2D eigenvalue weighted by Gasteiger charge is -2.22. The third kappa shape index (κ3) is 23.5. The molecule has 12 heteroatoms. The maximum Gasteiger partial charge on any atom is 0.164 e. The van der Waals surface area contributed by atoms with Crippen molar-refractivity contribution in [2.75, 3.05) is 0 Å². The minimum Gasteiger partial charge on any atom is -0.208 e. The van der Waals surface area contributed by atoms with E-state index in [9.17, 15) is 0 Å². The summed E-state index contributed by atoms with van der Waals surface area (Å²) in [6.45, 7) is 47.5. The highest BCUT2D eigenvalue weighted by Gasteiger charge is 2.24. The number of nitrogens with zero attached hydrogens (tertiary/aromatic N) is 12. The molecule has 133 heavy (non-hydrogen) atoms. The quantitative estimate of drug-likeness (QED) is 0.102. The van der Waals surface area contributed by atoms with Crippen LogP contribution in [0, 0.1) is 90.0 Å². The zero-order chi connectivity index (χ0) is 94.2. The second-order valence-electron chi connectivity index (χ2n) is 38.6. The zero-order valence-corrected chi connectivity index (χ0v) is 80.9. The van der Waals surface area contributed by atoms with E-state index in [0.29, 0.717) is 64.1 Å². The van der Waals surface area contributed by atoms with Crippen molar-refractivity contribution in [1.29, 1.82) is 0 Å². The highest BCUT2D eigenvalue weighted by atomic mass is 15.1. The smallest absolute Gasteiger partial charge is 0.164 e. The monoisotopic (exact) mass is 1740 g/mol. The summed E-state index contributed by atoms with van der Waals surface area (Å²) in [5.41, 5.74) is 36.3. The van der Waals surface area contributed by atoms with Gasteiger partial charge in [-0.15, -0.1) is 0 Å². The fourth-order valence-electron chi connectivity index (χ4n) is 15.8. The van der Waals surface area contributed by atoms with Gasteiger partial charge in [0, 0.05) is 66.8 Å². The molecule has 0 atom stereocenters. The molecule has 0 unspecified atom stereocenters. The first kappa shape index (κ1) is 92.8. The van der Waals surface area contributed by atoms with E-state index in [1.54, 1.807) is 0 Å². The first-order valence-corrected chi connectivity index (χ1v) is 45.8. The van der Waals surface area contributed by atoms with Gasteiger partial charge >= 0.3 is 0 Å². The Morgan fingerprint density at radius 1 is 0.135 bits per heavy atom. The van der Waals surface area contributed by atoms with Crippen molar-refractivity contribution in [3.05, 3.63) is 404 Å². The van der Waals surface area contributed by atoms with Gasteiger partial charge in [-0.2, -0.15) is 0 Å². The Hall–Kier alpha value is -14.9. The third-order valence-electron chi connectivity index (χ3n) is 23.7. The van der Waals surface area contributed by atoms with Gasteiger partial charge in [-0.1, -0.05) is 396 Å². The molecule has 0 fully saturated rings. The van der Waals surface area contributed by atoms with Crippen molar-refractivity contribution in [2.24, 2.45) is 0 Å². The average molecular weight is 1740 g/mol. The Morgan fingerprint density at radius 2 is 0.331 bits per heavy atom. The number of aromatic nitrogens is 12. The van der Waals surface area contributed by atoms with E-state index in [2.05, 4.69) is 444 Å². The maximum absolute atomic E-state index is 5.09. The Bertz CT molecular complexity index is 6790. The summed E-state index contributed by atoms with van der Waals surface area (Å²) in [5, 5.41) is 0. The normalized spacial score (nSPS) is 11.4. The summed E-state index contributed by atoms with van der Waals surface area (Å²) < 4.78 is 0. The van der Waals surface area contributed by atoms with E-state index in [1.165, 1.54) is 89.0 Å². The van der Waals surface area contributed by atoms with Gasteiger partial charge in [0.15, 0.2) is 69.9 Å². The molecule has 0 N–H and O–H groups in total. The van der Waals surface area contributed by atoms with Crippen molar-refractivity contribution in [1.82, 2.24) is 59.8 Å². The Balaban J connectivity index is 0.000000139.